The number of nitrogens with one attached hydrogen (secondary N) is 1. The Morgan fingerprint density at radius 1 is 1.45 bits per heavy atom. The second-order valence-corrected chi connectivity index (χ2v) is 5.99. The van der Waals surface area contributed by atoms with Crippen molar-refractivity contribution in [2.45, 2.75) is 26.4 Å². The Kier molecular flexibility index (Phi) is 4.01. The Morgan fingerprint density at radius 2 is 2.23 bits per heavy atom. The monoisotopic (exact) mass is 331 g/mol. The van der Waals surface area contributed by atoms with E-state index in [0.717, 1.165) is 23.4 Å². The number of aryl methyl sites for hydroxylation is 1. The van der Waals surface area contributed by atoms with Gasteiger partial charge in [0.05, 0.1) is 17.1 Å². The molecule has 22 heavy (non-hydrogen) atoms. The van der Waals surface area contributed by atoms with Crippen LogP contribution < -0.4 is 5.32 Å². The summed E-state index contributed by atoms with van der Waals surface area (Å²) in [4.78, 5) is 4.71. The van der Waals surface area contributed by atoms with Crippen molar-refractivity contribution in [2.24, 2.45) is 0 Å². The lowest BCUT2D eigenvalue weighted by molar-refractivity contribution is 0.675. The molecule has 3 rings (SSSR count). The van der Waals surface area contributed by atoms with Crippen LogP contribution in [-0.4, -0.2) is 13.9 Å². The molecule has 0 aliphatic carbocycles. The molecule has 3 aromatic rings. The molecule has 0 amide bonds. The third-order valence-electron chi connectivity index (χ3n) is 3.50. The zero-order valence-electron chi connectivity index (χ0n) is 12.2. The Labute approximate surface area is 137 Å². The zero-order chi connectivity index (χ0) is 15.7. The highest BCUT2D eigenvalue weighted by atomic mass is 35.5. The Morgan fingerprint density at radius 3 is 2.95 bits per heavy atom. The minimum Gasteiger partial charge on any atom is -0.365 e. The summed E-state index contributed by atoms with van der Waals surface area (Å²) in [6, 6.07) is 10.1. The average molecular weight is 332 g/mol. The van der Waals surface area contributed by atoms with E-state index in [2.05, 4.69) is 33.3 Å². The highest BCUT2D eigenvalue weighted by Crippen LogP contribution is 2.31. The van der Waals surface area contributed by atoms with Crippen molar-refractivity contribution in [1.29, 1.82) is 5.26 Å². The third-order valence-corrected chi connectivity index (χ3v) is 4.65. The quantitative estimate of drug-likeness (QED) is 0.777. The van der Waals surface area contributed by atoms with Gasteiger partial charge in [0.2, 0.25) is 0 Å². The molecule has 0 aliphatic rings. The lowest BCUT2D eigenvalue weighted by Gasteiger charge is -2.15. The van der Waals surface area contributed by atoms with Crippen LogP contribution in [0, 0.1) is 11.3 Å². The third kappa shape index (κ3) is 2.43. The molecule has 7 heteroatoms. The first-order chi connectivity index (χ1) is 10.7. The number of imidazole rings is 1. The summed E-state index contributed by atoms with van der Waals surface area (Å²) in [5.74, 6) is 0.928. The highest BCUT2D eigenvalue weighted by Gasteiger charge is 2.19. The Balaban J connectivity index is 1.98. The summed E-state index contributed by atoms with van der Waals surface area (Å²) in [7, 11) is 0. The maximum absolute atomic E-state index is 9.16. The summed E-state index contributed by atoms with van der Waals surface area (Å²) in [6.07, 6.45) is 0. The van der Waals surface area contributed by atoms with Crippen LogP contribution in [0.15, 0.2) is 24.3 Å². The number of hydrogen-bond acceptors (Lipinski definition) is 5. The van der Waals surface area contributed by atoms with Crippen LogP contribution in [0.1, 0.15) is 31.3 Å². The van der Waals surface area contributed by atoms with E-state index >= 15 is 0 Å². The van der Waals surface area contributed by atoms with E-state index in [1.807, 2.05) is 25.1 Å². The fraction of sp³-hybridized carbons (Fsp3) is 0.267. The van der Waals surface area contributed by atoms with E-state index in [4.69, 9.17) is 21.8 Å². The van der Waals surface area contributed by atoms with Gasteiger partial charge >= 0.3 is 0 Å². The molecule has 0 aliphatic heterocycles. The number of nitrogens with zero attached hydrogens (tertiary/aromatic N) is 4. The molecule has 1 aromatic carbocycles. The summed E-state index contributed by atoms with van der Waals surface area (Å²) in [5.41, 5.74) is 2.46. The van der Waals surface area contributed by atoms with Gasteiger partial charge in [0, 0.05) is 6.54 Å². The molecule has 112 valence electrons. The van der Waals surface area contributed by atoms with Crippen LogP contribution in [0.25, 0.3) is 11.0 Å². The van der Waals surface area contributed by atoms with Crippen LogP contribution in [0.2, 0.25) is 5.15 Å². The summed E-state index contributed by atoms with van der Waals surface area (Å²) in [5, 5.41) is 13.4. The van der Waals surface area contributed by atoms with Crippen molar-refractivity contribution in [3.63, 3.8) is 0 Å². The Bertz CT molecular complexity index is 861. The van der Waals surface area contributed by atoms with Gasteiger partial charge in [0.25, 0.3) is 0 Å². The molecule has 5 nitrogen and oxygen atoms in total. The molecule has 1 N–H and O–H groups in total. The van der Waals surface area contributed by atoms with E-state index in [9.17, 15) is 0 Å². The number of anilines is 1. The highest BCUT2D eigenvalue weighted by molar-refractivity contribution is 7.10. The molecule has 0 fully saturated rings. The zero-order valence-corrected chi connectivity index (χ0v) is 13.7. The van der Waals surface area contributed by atoms with Gasteiger partial charge in [-0.15, -0.1) is 0 Å². The minimum atomic E-state index is -0.0593. The predicted octanol–water partition coefficient (Wildman–Crippen LogP) is 4.21. The number of para-hydroxylation sites is 2. The number of hydrogen-bond donors (Lipinski definition) is 1. The SMILES string of the molecule is CCn1c(C(C)Nc2snc(Cl)c2C#N)nc2ccccc21. The van der Waals surface area contributed by atoms with Crippen molar-refractivity contribution in [1.82, 2.24) is 13.9 Å². The molecule has 0 saturated carbocycles. The number of halogens is 1. The molecule has 2 heterocycles. The van der Waals surface area contributed by atoms with Gasteiger partial charge in [-0.05, 0) is 37.5 Å². The largest absolute Gasteiger partial charge is 0.365 e. The van der Waals surface area contributed by atoms with Gasteiger partial charge in [-0.2, -0.15) is 9.64 Å². The molecular formula is C15H14ClN5S. The number of fused-ring (bicyclic) bond motifs is 1. The molecular weight excluding hydrogens is 318 g/mol. The van der Waals surface area contributed by atoms with E-state index in [0.29, 0.717) is 10.6 Å². The van der Waals surface area contributed by atoms with Crippen molar-refractivity contribution in [3.05, 3.63) is 40.8 Å². The molecule has 0 radical (unpaired) electrons. The minimum absolute atomic E-state index is 0.0593. The first-order valence-corrected chi connectivity index (χ1v) is 8.07. The Hall–Kier alpha value is -2.10. The summed E-state index contributed by atoms with van der Waals surface area (Å²) in [6.45, 7) is 4.94. The van der Waals surface area contributed by atoms with Crippen molar-refractivity contribution in [3.8, 4) is 6.07 Å². The summed E-state index contributed by atoms with van der Waals surface area (Å²) < 4.78 is 6.18. The van der Waals surface area contributed by atoms with E-state index < -0.39 is 0 Å². The van der Waals surface area contributed by atoms with Gasteiger partial charge in [0.15, 0.2) is 5.15 Å². The van der Waals surface area contributed by atoms with Crippen LogP contribution in [0.5, 0.6) is 0 Å². The van der Waals surface area contributed by atoms with E-state index in [1.165, 1.54) is 11.5 Å². The second kappa shape index (κ2) is 5.95. The smallest absolute Gasteiger partial charge is 0.162 e. The molecule has 0 spiro atoms. The molecule has 1 atom stereocenters. The van der Waals surface area contributed by atoms with Gasteiger partial charge < -0.3 is 9.88 Å². The maximum atomic E-state index is 9.16. The standard InChI is InChI=1S/C15H14ClN5S/c1-3-21-12-7-5-4-6-11(12)19-14(21)9(2)18-15-10(8-17)13(16)20-22-15/h4-7,9,18H,3H2,1-2H3. The van der Waals surface area contributed by atoms with Crippen LogP contribution >= 0.6 is 23.1 Å². The molecule has 0 bridgehead atoms. The van der Waals surface area contributed by atoms with E-state index in [1.54, 1.807) is 0 Å². The van der Waals surface area contributed by atoms with Crippen molar-refractivity contribution < 1.29 is 0 Å². The predicted molar refractivity (Wildman–Crippen MR) is 89.3 cm³/mol. The molecule has 1 unspecified atom stereocenters. The number of rotatable bonds is 4. The van der Waals surface area contributed by atoms with Gasteiger partial charge in [-0.25, -0.2) is 4.98 Å². The molecule has 0 saturated heterocycles. The van der Waals surface area contributed by atoms with Crippen molar-refractivity contribution in [2.75, 3.05) is 5.32 Å². The number of benzene rings is 1. The first-order valence-electron chi connectivity index (χ1n) is 6.92. The first kappa shape index (κ1) is 14.8. The van der Waals surface area contributed by atoms with Gasteiger partial charge in [-0.3, -0.25) is 0 Å². The molecule has 2 aromatic heterocycles. The maximum Gasteiger partial charge on any atom is 0.162 e. The average Bonchev–Trinajstić information content (AvgIpc) is 3.07. The lowest BCUT2D eigenvalue weighted by Crippen LogP contribution is -2.13. The lowest BCUT2D eigenvalue weighted by atomic mass is 10.3. The van der Waals surface area contributed by atoms with Gasteiger partial charge in [-0.1, -0.05) is 23.7 Å². The number of nitriles is 1. The summed E-state index contributed by atoms with van der Waals surface area (Å²) >= 11 is 7.10. The topological polar surface area (TPSA) is 66.5 Å². The fourth-order valence-corrected chi connectivity index (χ4v) is 3.51. The van der Waals surface area contributed by atoms with Crippen molar-refractivity contribution >= 4 is 39.2 Å². The fourth-order valence-electron chi connectivity index (χ4n) is 2.48. The van der Waals surface area contributed by atoms with Crippen LogP contribution in [0.4, 0.5) is 5.00 Å². The van der Waals surface area contributed by atoms with Crippen LogP contribution in [0.3, 0.4) is 0 Å². The van der Waals surface area contributed by atoms with Gasteiger partial charge in [0.1, 0.15) is 22.5 Å². The normalized spacial score (nSPS) is 12.3. The van der Waals surface area contributed by atoms with E-state index in [-0.39, 0.29) is 11.2 Å². The second-order valence-electron chi connectivity index (χ2n) is 4.86. The van der Waals surface area contributed by atoms with Crippen LogP contribution in [-0.2, 0) is 6.54 Å². The number of aromatic nitrogens is 3.